The molecule has 1 amide bonds. The van der Waals surface area contributed by atoms with Crippen LogP contribution in [0.4, 0.5) is 13.2 Å². The standard InChI is InChI=1S/C18H18F3N3O/c19-18(20,21)15-4-2-1-3-14(15)11-5-12-8-24(9-13(12)6-11)17(25)16-7-22-10-23-16/h1-4,7,10-13H,5-6,8-9H2,(H,22,23)/t11-,12-,13+. The molecule has 1 aromatic carbocycles. The van der Waals surface area contributed by atoms with Gasteiger partial charge in [-0.1, -0.05) is 18.2 Å². The van der Waals surface area contributed by atoms with Crippen molar-refractivity contribution in [2.24, 2.45) is 11.8 Å². The molecule has 1 aromatic heterocycles. The van der Waals surface area contributed by atoms with E-state index in [2.05, 4.69) is 9.97 Å². The van der Waals surface area contributed by atoms with E-state index >= 15 is 0 Å². The second kappa shape index (κ2) is 5.89. The van der Waals surface area contributed by atoms with Gasteiger partial charge in [-0.15, -0.1) is 0 Å². The number of H-pyrrole nitrogens is 1. The molecule has 0 radical (unpaired) electrons. The summed E-state index contributed by atoms with van der Waals surface area (Å²) >= 11 is 0. The van der Waals surface area contributed by atoms with E-state index in [1.165, 1.54) is 12.4 Å². The van der Waals surface area contributed by atoms with Gasteiger partial charge < -0.3 is 9.88 Å². The number of aromatic amines is 1. The van der Waals surface area contributed by atoms with Crippen LogP contribution in [-0.2, 0) is 6.18 Å². The summed E-state index contributed by atoms with van der Waals surface area (Å²) in [6.07, 6.45) is 0.105. The van der Waals surface area contributed by atoms with Gasteiger partial charge in [0, 0.05) is 19.3 Å². The van der Waals surface area contributed by atoms with Crippen LogP contribution in [0.1, 0.15) is 40.4 Å². The molecule has 0 spiro atoms. The largest absolute Gasteiger partial charge is 0.416 e. The Bertz CT molecular complexity index is 758. The number of likely N-dealkylation sites (tertiary alicyclic amines) is 1. The summed E-state index contributed by atoms with van der Waals surface area (Å²) in [5.41, 5.74) is 0.262. The minimum atomic E-state index is -4.32. The van der Waals surface area contributed by atoms with Crippen LogP contribution in [0.25, 0.3) is 0 Å². The van der Waals surface area contributed by atoms with Crippen molar-refractivity contribution in [2.75, 3.05) is 13.1 Å². The maximum atomic E-state index is 13.3. The Kier molecular flexibility index (Phi) is 3.81. The number of amides is 1. The van der Waals surface area contributed by atoms with E-state index < -0.39 is 11.7 Å². The Morgan fingerprint density at radius 3 is 2.44 bits per heavy atom. The third-order valence-corrected chi connectivity index (χ3v) is 5.46. The number of hydrogen-bond donors (Lipinski definition) is 1. The third kappa shape index (κ3) is 2.92. The predicted octanol–water partition coefficient (Wildman–Crippen LogP) is 3.69. The van der Waals surface area contributed by atoms with Gasteiger partial charge in [0.25, 0.3) is 5.91 Å². The first kappa shape index (κ1) is 16.2. The molecule has 1 N–H and O–H groups in total. The van der Waals surface area contributed by atoms with Crippen LogP contribution in [0.3, 0.4) is 0 Å². The quantitative estimate of drug-likeness (QED) is 0.899. The molecule has 4 rings (SSSR count). The maximum absolute atomic E-state index is 13.3. The molecule has 2 aromatic rings. The molecule has 0 unspecified atom stereocenters. The monoisotopic (exact) mass is 349 g/mol. The fraction of sp³-hybridized carbons (Fsp3) is 0.444. The van der Waals surface area contributed by atoms with Gasteiger partial charge >= 0.3 is 6.18 Å². The molecule has 1 aliphatic carbocycles. The number of benzene rings is 1. The zero-order valence-corrected chi connectivity index (χ0v) is 13.5. The van der Waals surface area contributed by atoms with Crippen LogP contribution in [0.15, 0.2) is 36.8 Å². The Morgan fingerprint density at radius 2 is 1.84 bits per heavy atom. The molecule has 25 heavy (non-hydrogen) atoms. The second-order valence-electron chi connectivity index (χ2n) is 6.94. The Balaban J connectivity index is 1.48. The summed E-state index contributed by atoms with van der Waals surface area (Å²) in [4.78, 5) is 20.9. The van der Waals surface area contributed by atoms with Crippen molar-refractivity contribution in [3.63, 3.8) is 0 Å². The topological polar surface area (TPSA) is 49.0 Å². The minimum Gasteiger partial charge on any atom is -0.350 e. The number of nitrogens with one attached hydrogen (secondary N) is 1. The molecule has 1 aliphatic heterocycles. The van der Waals surface area contributed by atoms with Crippen LogP contribution in [0.5, 0.6) is 0 Å². The molecular formula is C18H18F3N3O. The lowest BCUT2D eigenvalue weighted by atomic mass is 9.91. The van der Waals surface area contributed by atoms with Crippen molar-refractivity contribution >= 4 is 5.91 Å². The number of rotatable bonds is 2. The van der Waals surface area contributed by atoms with Crippen molar-refractivity contribution < 1.29 is 18.0 Å². The lowest BCUT2D eigenvalue weighted by molar-refractivity contribution is -0.138. The van der Waals surface area contributed by atoms with Crippen molar-refractivity contribution in [1.29, 1.82) is 0 Å². The highest BCUT2D eigenvalue weighted by Crippen LogP contribution is 2.48. The molecular weight excluding hydrogens is 331 g/mol. The van der Waals surface area contributed by atoms with E-state index in [0.29, 0.717) is 37.2 Å². The molecule has 1 saturated heterocycles. The highest BCUT2D eigenvalue weighted by molar-refractivity contribution is 5.92. The Labute approximate surface area is 143 Å². The number of hydrogen-bond acceptors (Lipinski definition) is 2. The van der Waals surface area contributed by atoms with Gasteiger partial charge in [0.2, 0.25) is 0 Å². The van der Waals surface area contributed by atoms with Crippen LogP contribution >= 0.6 is 0 Å². The molecule has 2 heterocycles. The summed E-state index contributed by atoms with van der Waals surface area (Å²) in [6, 6.07) is 5.87. The number of alkyl halides is 3. The van der Waals surface area contributed by atoms with Crippen LogP contribution in [0, 0.1) is 11.8 Å². The Hall–Kier alpha value is -2.31. The smallest absolute Gasteiger partial charge is 0.350 e. The number of imidazole rings is 1. The fourth-order valence-electron chi connectivity index (χ4n) is 4.37. The average Bonchev–Trinajstić information content (AvgIpc) is 3.29. The molecule has 3 atom stereocenters. The normalized spacial score (nSPS) is 26.0. The first-order chi connectivity index (χ1) is 11.9. The van der Waals surface area contributed by atoms with Gasteiger partial charge in [0.05, 0.1) is 11.9 Å². The van der Waals surface area contributed by atoms with Gasteiger partial charge in [-0.25, -0.2) is 4.98 Å². The number of halogens is 3. The lowest BCUT2D eigenvalue weighted by Crippen LogP contribution is -2.30. The van der Waals surface area contributed by atoms with Gasteiger partial charge in [-0.2, -0.15) is 13.2 Å². The van der Waals surface area contributed by atoms with Gasteiger partial charge in [-0.3, -0.25) is 4.79 Å². The molecule has 2 aliphatic rings. The summed E-state index contributed by atoms with van der Waals surface area (Å²) in [5, 5.41) is 0. The van der Waals surface area contributed by atoms with E-state index in [0.717, 1.165) is 6.07 Å². The number of carbonyl (C=O) groups is 1. The maximum Gasteiger partial charge on any atom is 0.416 e. The highest BCUT2D eigenvalue weighted by atomic mass is 19.4. The summed E-state index contributed by atoms with van der Waals surface area (Å²) in [5.74, 6) is 0.321. The fourth-order valence-corrected chi connectivity index (χ4v) is 4.37. The third-order valence-electron chi connectivity index (χ3n) is 5.46. The number of fused-ring (bicyclic) bond motifs is 1. The zero-order chi connectivity index (χ0) is 17.6. The van der Waals surface area contributed by atoms with Crippen molar-refractivity contribution in [1.82, 2.24) is 14.9 Å². The van der Waals surface area contributed by atoms with Gasteiger partial charge in [0.1, 0.15) is 5.69 Å². The first-order valence-electron chi connectivity index (χ1n) is 8.37. The van der Waals surface area contributed by atoms with E-state index in [1.54, 1.807) is 23.2 Å². The van der Waals surface area contributed by atoms with Crippen LogP contribution in [-0.4, -0.2) is 33.9 Å². The SMILES string of the molecule is O=C(c1c[nH]cn1)N1C[C@H]2C[C@@H](c3ccccc3C(F)(F)F)C[C@H]2C1. The van der Waals surface area contributed by atoms with Crippen molar-refractivity contribution in [2.45, 2.75) is 24.9 Å². The zero-order valence-electron chi connectivity index (χ0n) is 13.5. The van der Waals surface area contributed by atoms with Crippen molar-refractivity contribution in [3.05, 3.63) is 53.6 Å². The number of nitrogens with zero attached hydrogens (tertiary/aromatic N) is 2. The predicted molar refractivity (Wildman–Crippen MR) is 84.9 cm³/mol. The van der Waals surface area contributed by atoms with E-state index in [4.69, 9.17) is 0 Å². The molecule has 4 nitrogen and oxygen atoms in total. The lowest BCUT2D eigenvalue weighted by Gasteiger charge is -2.21. The number of carbonyl (C=O) groups excluding carboxylic acids is 1. The molecule has 132 valence electrons. The van der Waals surface area contributed by atoms with E-state index in [1.807, 2.05) is 0 Å². The minimum absolute atomic E-state index is 0.0875. The first-order valence-corrected chi connectivity index (χ1v) is 8.37. The summed E-state index contributed by atoms with van der Waals surface area (Å²) in [7, 11) is 0. The summed E-state index contributed by atoms with van der Waals surface area (Å²) < 4.78 is 39.8. The molecule has 0 bridgehead atoms. The van der Waals surface area contributed by atoms with Crippen molar-refractivity contribution in [3.8, 4) is 0 Å². The second-order valence-corrected chi connectivity index (χ2v) is 6.94. The van der Waals surface area contributed by atoms with Crippen LogP contribution < -0.4 is 0 Å². The molecule has 7 heteroatoms. The molecule has 1 saturated carbocycles. The number of aromatic nitrogens is 2. The van der Waals surface area contributed by atoms with Gasteiger partial charge in [-0.05, 0) is 42.2 Å². The average molecular weight is 349 g/mol. The molecule has 2 fully saturated rings. The van der Waals surface area contributed by atoms with E-state index in [-0.39, 0.29) is 23.7 Å². The Morgan fingerprint density at radius 1 is 1.16 bits per heavy atom. The summed E-state index contributed by atoms with van der Waals surface area (Å²) in [6.45, 7) is 1.20. The highest BCUT2D eigenvalue weighted by Gasteiger charge is 2.45. The van der Waals surface area contributed by atoms with Crippen LogP contribution in [0.2, 0.25) is 0 Å². The van der Waals surface area contributed by atoms with Gasteiger partial charge in [0.15, 0.2) is 0 Å². The van der Waals surface area contributed by atoms with E-state index in [9.17, 15) is 18.0 Å².